The number of amides is 2. The van der Waals surface area contributed by atoms with Crippen molar-refractivity contribution in [2.45, 2.75) is 20.3 Å². The second-order valence-electron chi connectivity index (χ2n) is 5.84. The maximum Gasteiger partial charge on any atom is 0.313 e. The zero-order valence-corrected chi connectivity index (χ0v) is 14.0. The lowest BCUT2D eigenvalue weighted by molar-refractivity contribution is -0.144. The Balaban J connectivity index is 1.98. The van der Waals surface area contributed by atoms with Crippen LogP contribution in [0.1, 0.15) is 18.1 Å². The van der Waals surface area contributed by atoms with Crippen molar-refractivity contribution < 1.29 is 9.59 Å². The Morgan fingerprint density at radius 3 is 2.52 bits per heavy atom. The van der Waals surface area contributed by atoms with E-state index in [0.717, 1.165) is 42.9 Å². The van der Waals surface area contributed by atoms with E-state index in [-0.39, 0.29) is 0 Å². The van der Waals surface area contributed by atoms with Crippen LogP contribution in [-0.4, -0.2) is 60.9 Å². The van der Waals surface area contributed by atoms with Gasteiger partial charge in [-0.3, -0.25) is 14.5 Å². The Morgan fingerprint density at radius 2 is 1.91 bits per heavy atom. The summed E-state index contributed by atoms with van der Waals surface area (Å²) in [6, 6.07) is 5.87. The SMILES string of the molecule is CCc1cccc(C)c1NC(=O)C(=O)N1CCN(CCN)CC1. The minimum Gasteiger partial charge on any atom is -0.332 e. The molecule has 0 aromatic heterocycles. The van der Waals surface area contributed by atoms with Gasteiger partial charge in [0, 0.05) is 45.0 Å². The van der Waals surface area contributed by atoms with Gasteiger partial charge in [-0.15, -0.1) is 0 Å². The lowest BCUT2D eigenvalue weighted by Gasteiger charge is -2.34. The monoisotopic (exact) mass is 318 g/mol. The lowest BCUT2D eigenvalue weighted by Crippen LogP contribution is -2.52. The number of nitrogens with two attached hydrogens (primary N) is 1. The molecule has 1 fully saturated rings. The normalized spacial score (nSPS) is 15.5. The average molecular weight is 318 g/mol. The maximum absolute atomic E-state index is 12.3. The summed E-state index contributed by atoms with van der Waals surface area (Å²) in [7, 11) is 0. The molecule has 1 heterocycles. The molecule has 1 aromatic rings. The number of rotatable bonds is 4. The zero-order chi connectivity index (χ0) is 16.8. The predicted molar refractivity (Wildman–Crippen MR) is 91.3 cm³/mol. The van der Waals surface area contributed by atoms with Crippen LogP contribution in [0.25, 0.3) is 0 Å². The molecule has 1 saturated heterocycles. The van der Waals surface area contributed by atoms with Crippen molar-refractivity contribution in [1.29, 1.82) is 0 Å². The lowest BCUT2D eigenvalue weighted by atomic mass is 10.1. The standard InChI is InChI=1S/C17H26N4O2/c1-3-14-6-4-5-13(2)15(14)19-16(22)17(23)21-11-9-20(8-7-18)10-12-21/h4-6H,3,7-12,18H2,1-2H3,(H,19,22). The predicted octanol–water partition coefficient (Wildman–Crippen LogP) is 0.599. The second kappa shape index (κ2) is 8.08. The molecule has 0 unspecified atom stereocenters. The highest BCUT2D eigenvalue weighted by Gasteiger charge is 2.26. The summed E-state index contributed by atoms with van der Waals surface area (Å²) in [4.78, 5) is 28.5. The highest BCUT2D eigenvalue weighted by atomic mass is 16.2. The average Bonchev–Trinajstić information content (AvgIpc) is 2.57. The van der Waals surface area contributed by atoms with E-state index in [4.69, 9.17) is 5.73 Å². The first-order valence-corrected chi connectivity index (χ1v) is 8.18. The smallest absolute Gasteiger partial charge is 0.313 e. The molecule has 126 valence electrons. The highest BCUT2D eigenvalue weighted by Crippen LogP contribution is 2.21. The Hall–Kier alpha value is -1.92. The number of hydrogen-bond acceptors (Lipinski definition) is 4. The van der Waals surface area contributed by atoms with Crippen LogP contribution in [0.5, 0.6) is 0 Å². The second-order valence-corrected chi connectivity index (χ2v) is 5.84. The molecule has 0 spiro atoms. The van der Waals surface area contributed by atoms with Crippen LogP contribution in [0.3, 0.4) is 0 Å². The first-order chi connectivity index (χ1) is 11.1. The van der Waals surface area contributed by atoms with Gasteiger partial charge >= 0.3 is 11.8 Å². The van der Waals surface area contributed by atoms with Crippen LogP contribution in [0.4, 0.5) is 5.69 Å². The molecule has 1 aliphatic heterocycles. The topological polar surface area (TPSA) is 78.7 Å². The molecule has 6 nitrogen and oxygen atoms in total. The molecule has 6 heteroatoms. The summed E-state index contributed by atoms with van der Waals surface area (Å²) in [5.74, 6) is -1.01. The molecule has 2 rings (SSSR count). The van der Waals surface area contributed by atoms with E-state index in [1.807, 2.05) is 32.0 Å². The molecule has 1 aliphatic rings. The van der Waals surface area contributed by atoms with Crippen LogP contribution < -0.4 is 11.1 Å². The van der Waals surface area contributed by atoms with Gasteiger partial charge in [0.2, 0.25) is 0 Å². The molecule has 2 amide bonds. The maximum atomic E-state index is 12.3. The van der Waals surface area contributed by atoms with Crippen molar-refractivity contribution in [2.75, 3.05) is 44.6 Å². The van der Waals surface area contributed by atoms with Gasteiger partial charge in [0.25, 0.3) is 0 Å². The van der Waals surface area contributed by atoms with E-state index in [0.29, 0.717) is 19.6 Å². The van der Waals surface area contributed by atoms with Crippen LogP contribution in [0.15, 0.2) is 18.2 Å². The van der Waals surface area contributed by atoms with E-state index in [1.54, 1.807) is 4.90 Å². The third kappa shape index (κ3) is 4.30. The van der Waals surface area contributed by atoms with Crippen molar-refractivity contribution in [2.24, 2.45) is 5.73 Å². The molecule has 0 aliphatic carbocycles. The molecule has 3 N–H and O–H groups in total. The third-order valence-electron chi connectivity index (χ3n) is 4.28. The number of anilines is 1. The number of nitrogens with one attached hydrogen (secondary N) is 1. The summed E-state index contributed by atoms with van der Waals surface area (Å²) in [5.41, 5.74) is 8.31. The Bertz CT molecular complexity index is 566. The molecular formula is C17H26N4O2. The molecule has 1 aromatic carbocycles. The summed E-state index contributed by atoms with van der Waals surface area (Å²) in [6.07, 6.45) is 0.809. The van der Waals surface area contributed by atoms with Crippen molar-refractivity contribution in [3.63, 3.8) is 0 Å². The van der Waals surface area contributed by atoms with Gasteiger partial charge in [-0.25, -0.2) is 0 Å². The fraction of sp³-hybridized carbons (Fsp3) is 0.529. The Morgan fingerprint density at radius 1 is 1.22 bits per heavy atom. The van der Waals surface area contributed by atoms with Gasteiger partial charge in [-0.05, 0) is 24.5 Å². The minimum absolute atomic E-state index is 0.456. The van der Waals surface area contributed by atoms with Gasteiger partial charge < -0.3 is 16.0 Å². The van der Waals surface area contributed by atoms with Gasteiger partial charge in [0.1, 0.15) is 0 Å². The van der Waals surface area contributed by atoms with Crippen LogP contribution in [0, 0.1) is 6.92 Å². The number of para-hydroxylation sites is 1. The summed E-state index contributed by atoms with van der Waals surface area (Å²) in [6.45, 7) is 8.08. The first-order valence-electron chi connectivity index (χ1n) is 8.18. The molecule has 0 saturated carbocycles. The Labute approximate surface area is 137 Å². The number of hydrogen-bond donors (Lipinski definition) is 2. The van der Waals surface area contributed by atoms with Crippen molar-refractivity contribution in [3.8, 4) is 0 Å². The van der Waals surface area contributed by atoms with E-state index >= 15 is 0 Å². The van der Waals surface area contributed by atoms with Crippen LogP contribution in [-0.2, 0) is 16.0 Å². The number of carbonyl (C=O) groups excluding carboxylic acids is 2. The van der Waals surface area contributed by atoms with Gasteiger partial charge in [0.15, 0.2) is 0 Å². The first kappa shape index (κ1) is 17.4. The van der Waals surface area contributed by atoms with Gasteiger partial charge in [-0.1, -0.05) is 25.1 Å². The number of piperazine rings is 1. The zero-order valence-electron chi connectivity index (χ0n) is 14.0. The summed E-state index contributed by atoms with van der Waals surface area (Å²) < 4.78 is 0. The number of benzene rings is 1. The molecule has 0 atom stereocenters. The highest BCUT2D eigenvalue weighted by molar-refractivity contribution is 6.39. The van der Waals surface area contributed by atoms with E-state index in [1.165, 1.54) is 0 Å². The summed E-state index contributed by atoms with van der Waals surface area (Å²) in [5, 5.41) is 2.80. The van der Waals surface area contributed by atoms with Crippen molar-refractivity contribution in [1.82, 2.24) is 9.80 Å². The minimum atomic E-state index is -0.554. The summed E-state index contributed by atoms with van der Waals surface area (Å²) >= 11 is 0. The van der Waals surface area contributed by atoms with Crippen LogP contribution >= 0.6 is 0 Å². The van der Waals surface area contributed by atoms with Crippen LogP contribution in [0.2, 0.25) is 0 Å². The van der Waals surface area contributed by atoms with Crippen molar-refractivity contribution >= 4 is 17.5 Å². The van der Waals surface area contributed by atoms with E-state index in [9.17, 15) is 9.59 Å². The molecule has 0 bridgehead atoms. The Kier molecular flexibility index (Phi) is 6.12. The third-order valence-corrected chi connectivity index (χ3v) is 4.28. The number of nitrogens with zero attached hydrogens (tertiary/aromatic N) is 2. The van der Waals surface area contributed by atoms with E-state index in [2.05, 4.69) is 10.2 Å². The molecular weight excluding hydrogens is 292 g/mol. The fourth-order valence-corrected chi connectivity index (χ4v) is 2.87. The molecule has 23 heavy (non-hydrogen) atoms. The van der Waals surface area contributed by atoms with Crippen molar-refractivity contribution in [3.05, 3.63) is 29.3 Å². The van der Waals surface area contributed by atoms with Gasteiger partial charge in [-0.2, -0.15) is 0 Å². The quantitative estimate of drug-likeness (QED) is 0.797. The number of aryl methyl sites for hydroxylation is 2. The largest absolute Gasteiger partial charge is 0.332 e. The number of carbonyl (C=O) groups is 2. The van der Waals surface area contributed by atoms with E-state index < -0.39 is 11.8 Å². The molecule has 0 radical (unpaired) electrons. The van der Waals surface area contributed by atoms with Gasteiger partial charge in [0.05, 0.1) is 0 Å². The fourth-order valence-electron chi connectivity index (χ4n) is 2.87.